The van der Waals surface area contributed by atoms with Gasteiger partial charge in [-0.15, -0.1) is 11.6 Å². The van der Waals surface area contributed by atoms with Gasteiger partial charge in [-0.25, -0.2) is 0 Å². The summed E-state index contributed by atoms with van der Waals surface area (Å²) in [5, 5.41) is 3.54. The Morgan fingerprint density at radius 1 is 1.19 bits per heavy atom. The molecule has 1 aromatic heterocycles. The van der Waals surface area contributed by atoms with Crippen molar-refractivity contribution >= 4 is 11.6 Å². The minimum absolute atomic E-state index is 0.0424. The molecular weight excluding hydrogens is 309 g/mol. The lowest BCUT2D eigenvalue weighted by Crippen LogP contribution is -2.08. The Kier molecular flexibility index (Phi) is 4.32. The molecule has 1 aromatic carbocycles. The molecule has 8 heteroatoms. The molecule has 0 aliphatic carbocycles. The molecule has 21 heavy (non-hydrogen) atoms. The monoisotopic (exact) mass is 320 g/mol. The minimum Gasteiger partial charge on any atom is -0.494 e. The molecule has 0 unspecified atom stereocenters. The van der Waals surface area contributed by atoms with E-state index in [9.17, 15) is 13.2 Å². The smallest absolute Gasteiger partial charge is 0.435 e. The fourth-order valence-electron chi connectivity index (χ4n) is 1.80. The molecule has 0 amide bonds. The first kappa shape index (κ1) is 15.5. The van der Waals surface area contributed by atoms with E-state index in [1.165, 1.54) is 14.2 Å². The Morgan fingerprint density at radius 3 is 2.43 bits per heavy atom. The van der Waals surface area contributed by atoms with Crippen LogP contribution in [0.15, 0.2) is 24.3 Å². The Morgan fingerprint density at radius 2 is 1.90 bits per heavy atom. The maximum absolute atomic E-state index is 12.8. The number of aromatic nitrogens is 2. The highest BCUT2D eigenvalue weighted by Gasteiger charge is 2.35. The predicted molar refractivity (Wildman–Crippen MR) is 71.2 cm³/mol. The maximum Gasteiger partial charge on any atom is 0.435 e. The second-order valence-corrected chi connectivity index (χ2v) is 4.39. The van der Waals surface area contributed by atoms with Gasteiger partial charge in [0.15, 0.2) is 5.69 Å². The van der Waals surface area contributed by atoms with Crippen LogP contribution in [0, 0.1) is 0 Å². The van der Waals surface area contributed by atoms with Crippen molar-refractivity contribution in [2.24, 2.45) is 0 Å². The molecule has 2 aromatic rings. The summed E-state index contributed by atoms with van der Waals surface area (Å²) in [4.78, 5) is 0. The van der Waals surface area contributed by atoms with Gasteiger partial charge in [-0.1, -0.05) is 6.07 Å². The number of halogens is 4. The molecule has 1 heterocycles. The molecule has 0 bridgehead atoms. The number of rotatable bonds is 4. The van der Waals surface area contributed by atoms with Gasteiger partial charge in [-0.2, -0.15) is 23.0 Å². The minimum atomic E-state index is -4.55. The third kappa shape index (κ3) is 3.07. The fourth-order valence-corrected chi connectivity index (χ4v) is 1.97. The summed E-state index contributed by atoms with van der Waals surface area (Å²) in [5.74, 6) is 0.572. The van der Waals surface area contributed by atoms with Crippen molar-refractivity contribution in [3.63, 3.8) is 0 Å². The van der Waals surface area contributed by atoms with Crippen LogP contribution in [0.2, 0.25) is 0 Å². The molecule has 0 spiro atoms. The second kappa shape index (κ2) is 5.85. The molecular formula is C13H12ClF3N2O2. The van der Waals surface area contributed by atoms with Crippen LogP contribution in [0.5, 0.6) is 11.6 Å². The molecule has 2 rings (SSSR count). The average molecular weight is 321 g/mol. The summed E-state index contributed by atoms with van der Waals surface area (Å²) < 4.78 is 49.4. The van der Waals surface area contributed by atoms with Crippen LogP contribution in [0.1, 0.15) is 11.3 Å². The second-order valence-electron chi connectivity index (χ2n) is 4.12. The zero-order chi connectivity index (χ0) is 15.6. The topological polar surface area (TPSA) is 36.3 Å². The van der Waals surface area contributed by atoms with Crippen molar-refractivity contribution in [2.75, 3.05) is 14.2 Å². The first-order chi connectivity index (χ1) is 9.90. The molecule has 0 saturated heterocycles. The summed E-state index contributed by atoms with van der Waals surface area (Å²) in [6.07, 6.45) is -4.55. The molecule has 4 nitrogen and oxygen atoms in total. The highest BCUT2D eigenvalue weighted by Crippen LogP contribution is 2.34. The van der Waals surface area contributed by atoms with Crippen molar-refractivity contribution in [1.82, 2.24) is 9.78 Å². The van der Waals surface area contributed by atoms with Gasteiger partial charge in [0.2, 0.25) is 5.88 Å². The molecule has 0 radical (unpaired) electrons. The first-order valence-electron chi connectivity index (χ1n) is 5.85. The van der Waals surface area contributed by atoms with Gasteiger partial charge in [-0.05, 0) is 17.7 Å². The molecule has 0 atom stereocenters. The summed E-state index contributed by atoms with van der Waals surface area (Å²) in [6.45, 7) is 0. The molecule has 0 aliphatic rings. The third-order valence-electron chi connectivity index (χ3n) is 2.80. The highest BCUT2D eigenvalue weighted by molar-refractivity contribution is 6.17. The number of hydrogen-bond acceptors (Lipinski definition) is 3. The lowest BCUT2D eigenvalue weighted by atomic mass is 10.2. The van der Waals surface area contributed by atoms with Crippen molar-refractivity contribution in [3.8, 4) is 17.3 Å². The van der Waals surface area contributed by atoms with E-state index < -0.39 is 11.9 Å². The van der Waals surface area contributed by atoms with E-state index in [-0.39, 0.29) is 11.8 Å². The fraction of sp³-hybridized carbons (Fsp3) is 0.308. The zero-order valence-electron chi connectivity index (χ0n) is 11.2. The molecule has 0 saturated carbocycles. The number of ether oxygens (including phenoxy) is 2. The number of methoxy groups -OCH3 is 2. The van der Waals surface area contributed by atoms with Gasteiger partial charge >= 0.3 is 6.18 Å². The number of alkyl halides is 4. The van der Waals surface area contributed by atoms with Crippen LogP contribution in [-0.2, 0) is 12.1 Å². The van der Waals surface area contributed by atoms with Crippen LogP contribution >= 0.6 is 11.6 Å². The van der Waals surface area contributed by atoms with E-state index in [4.69, 9.17) is 21.1 Å². The Hall–Kier alpha value is -1.89. The summed E-state index contributed by atoms with van der Waals surface area (Å²) in [5.41, 5.74) is 0.0703. The van der Waals surface area contributed by atoms with E-state index in [0.717, 1.165) is 16.3 Å². The lowest BCUT2D eigenvalue weighted by molar-refractivity contribution is -0.141. The van der Waals surface area contributed by atoms with Crippen LogP contribution in [0.25, 0.3) is 5.69 Å². The van der Waals surface area contributed by atoms with Gasteiger partial charge in [0.05, 0.1) is 14.2 Å². The van der Waals surface area contributed by atoms with Gasteiger partial charge in [-0.3, -0.25) is 0 Å². The standard InChI is InChI=1S/C13H12ClF3N2O2/c1-20-10-5-8(7-14)3-4-9(10)19-12(21-2)6-11(18-19)13(15,16)17/h3-6H,7H2,1-2H3. The maximum atomic E-state index is 12.8. The largest absolute Gasteiger partial charge is 0.494 e. The third-order valence-corrected chi connectivity index (χ3v) is 3.11. The molecule has 0 N–H and O–H groups in total. The van der Waals surface area contributed by atoms with Gasteiger partial charge in [0.25, 0.3) is 0 Å². The number of benzene rings is 1. The number of nitrogens with zero attached hydrogens (tertiary/aromatic N) is 2. The molecule has 0 fully saturated rings. The SMILES string of the molecule is COc1cc(CCl)ccc1-n1nc(C(F)(F)F)cc1OC. The Bertz CT molecular complexity index is 641. The van der Waals surface area contributed by atoms with E-state index >= 15 is 0 Å². The summed E-state index contributed by atoms with van der Waals surface area (Å²) in [6, 6.07) is 5.72. The van der Waals surface area contributed by atoms with Crippen LogP contribution in [-0.4, -0.2) is 24.0 Å². The van der Waals surface area contributed by atoms with Gasteiger partial charge < -0.3 is 9.47 Å². The van der Waals surface area contributed by atoms with Crippen LogP contribution in [0.3, 0.4) is 0 Å². The van der Waals surface area contributed by atoms with Crippen molar-refractivity contribution in [2.45, 2.75) is 12.1 Å². The van der Waals surface area contributed by atoms with E-state index in [2.05, 4.69) is 5.10 Å². The summed E-state index contributed by atoms with van der Waals surface area (Å²) in [7, 11) is 2.69. The first-order valence-corrected chi connectivity index (χ1v) is 6.38. The van der Waals surface area contributed by atoms with E-state index in [0.29, 0.717) is 11.4 Å². The van der Waals surface area contributed by atoms with E-state index in [1.807, 2.05) is 0 Å². The lowest BCUT2D eigenvalue weighted by Gasteiger charge is -2.11. The van der Waals surface area contributed by atoms with E-state index in [1.54, 1.807) is 18.2 Å². The van der Waals surface area contributed by atoms with Crippen molar-refractivity contribution < 1.29 is 22.6 Å². The van der Waals surface area contributed by atoms with Crippen molar-refractivity contribution in [1.29, 1.82) is 0 Å². The highest BCUT2D eigenvalue weighted by atomic mass is 35.5. The molecule has 0 aliphatic heterocycles. The predicted octanol–water partition coefficient (Wildman–Crippen LogP) is 3.65. The zero-order valence-corrected chi connectivity index (χ0v) is 12.0. The molecule has 114 valence electrons. The average Bonchev–Trinajstić information content (AvgIpc) is 2.90. The van der Waals surface area contributed by atoms with Crippen LogP contribution in [0.4, 0.5) is 13.2 Å². The normalized spacial score (nSPS) is 11.5. The Labute approximate surface area is 124 Å². The number of hydrogen-bond donors (Lipinski definition) is 0. The van der Waals surface area contributed by atoms with Crippen LogP contribution < -0.4 is 9.47 Å². The quantitative estimate of drug-likeness (QED) is 0.807. The summed E-state index contributed by atoms with van der Waals surface area (Å²) >= 11 is 5.73. The van der Waals surface area contributed by atoms with Gasteiger partial charge in [0, 0.05) is 11.9 Å². The van der Waals surface area contributed by atoms with Crippen molar-refractivity contribution in [3.05, 3.63) is 35.5 Å². The Balaban J connectivity index is 2.58. The van der Waals surface area contributed by atoms with Gasteiger partial charge in [0.1, 0.15) is 11.4 Å².